The van der Waals surface area contributed by atoms with Gasteiger partial charge in [-0.1, -0.05) is 18.2 Å². The maximum absolute atomic E-state index is 12.5. The fraction of sp³-hybridized carbons (Fsp3) is 0.263. The van der Waals surface area contributed by atoms with Gasteiger partial charge in [0.1, 0.15) is 11.5 Å². The lowest BCUT2D eigenvalue weighted by Gasteiger charge is -2.15. The van der Waals surface area contributed by atoms with Gasteiger partial charge >= 0.3 is 5.97 Å². The number of carbonyl (C=O) groups is 1. The Kier molecular flexibility index (Phi) is 6.90. The van der Waals surface area contributed by atoms with Crippen molar-refractivity contribution >= 4 is 34.9 Å². The van der Waals surface area contributed by atoms with Crippen LogP contribution in [0.4, 0.5) is 17.2 Å². The number of H-pyrrole nitrogens is 1. The average Bonchev–Trinajstić information content (AvgIpc) is 3.32. The van der Waals surface area contributed by atoms with Crippen LogP contribution in [0, 0.1) is 0 Å². The van der Waals surface area contributed by atoms with Gasteiger partial charge in [0.15, 0.2) is 17.5 Å². The summed E-state index contributed by atoms with van der Waals surface area (Å²) in [7, 11) is 0. The lowest BCUT2D eigenvalue weighted by molar-refractivity contribution is -0.144. The van der Waals surface area contributed by atoms with Gasteiger partial charge in [0.2, 0.25) is 5.88 Å². The lowest BCUT2D eigenvalue weighted by Crippen LogP contribution is -2.23. The first-order valence-corrected chi connectivity index (χ1v) is 10.3. The van der Waals surface area contributed by atoms with Crippen LogP contribution in [0.1, 0.15) is 24.5 Å². The summed E-state index contributed by atoms with van der Waals surface area (Å²) in [5.74, 6) is 1.11. The molecule has 0 saturated heterocycles. The molecule has 0 saturated carbocycles. The molecule has 3 N–H and O–H groups in total. The largest absolute Gasteiger partial charge is 0.492 e. The van der Waals surface area contributed by atoms with Crippen molar-refractivity contribution in [3.05, 3.63) is 54.0 Å². The summed E-state index contributed by atoms with van der Waals surface area (Å²) in [6.45, 7) is 1.93. The van der Waals surface area contributed by atoms with Gasteiger partial charge in [-0.15, -0.1) is 5.11 Å². The van der Waals surface area contributed by atoms with Crippen molar-refractivity contribution in [2.24, 2.45) is 10.2 Å². The van der Waals surface area contributed by atoms with Crippen molar-refractivity contribution in [1.29, 1.82) is 0 Å². The highest BCUT2D eigenvalue weighted by molar-refractivity contribution is 7.97. The molecule has 0 amide bonds. The number of hydrogen-bond donors (Lipinski definition) is 3. The van der Waals surface area contributed by atoms with E-state index in [2.05, 4.69) is 25.7 Å². The molecule has 2 aromatic heterocycles. The molecule has 0 bridgehead atoms. The molecule has 0 aliphatic carbocycles. The second kappa shape index (κ2) is 9.78. The molecule has 2 heterocycles. The predicted molar refractivity (Wildman–Crippen MR) is 110 cm³/mol. The number of nitrogens with one attached hydrogen (secondary N) is 2. The normalized spacial score (nSPS) is 12.2. The van der Waals surface area contributed by atoms with E-state index < -0.39 is 12.0 Å². The van der Waals surface area contributed by atoms with E-state index in [1.54, 1.807) is 43.0 Å². The number of carbonyl (C=O) groups excluding carboxylic acids is 1. The van der Waals surface area contributed by atoms with Crippen molar-refractivity contribution < 1.29 is 19.1 Å². The first-order chi connectivity index (χ1) is 14.1. The highest BCUT2D eigenvalue weighted by atomic mass is 32.2. The van der Waals surface area contributed by atoms with Crippen LogP contribution < -0.4 is 5.32 Å². The van der Waals surface area contributed by atoms with Crippen LogP contribution in [0.25, 0.3) is 0 Å². The molecule has 0 fully saturated rings. The summed E-state index contributed by atoms with van der Waals surface area (Å²) in [4.78, 5) is 12.5. The van der Waals surface area contributed by atoms with Crippen LogP contribution in [0.3, 0.4) is 0 Å². The number of nitrogens with zero attached hydrogens (tertiary/aromatic N) is 3. The molecule has 3 aromatic rings. The number of ether oxygens (including phenoxy) is 1. The number of aromatic nitrogens is 2. The summed E-state index contributed by atoms with van der Waals surface area (Å²) in [6, 6.07) is 11.6. The number of aromatic amines is 1. The quantitative estimate of drug-likeness (QED) is 0.341. The SMILES string of the molecule is CCOC(=O)C(Nc1n[nH]c(O)c1/N=N/c1ccccc1)c1ccc(CSC)o1. The van der Waals surface area contributed by atoms with Crippen LogP contribution in [0.15, 0.2) is 57.1 Å². The monoisotopic (exact) mass is 415 g/mol. The Bertz CT molecular complexity index is 970. The van der Waals surface area contributed by atoms with Gasteiger partial charge in [-0.2, -0.15) is 22.0 Å². The van der Waals surface area contributed by atoms with E-state index in [1.807, 2.05) is 24.5 Å². The Morgan fingerprint density at radius 3 is 2.83 bits per heavy atom. The van der Waals surface area contributed by atoms with E-state index in [-0.39, 0.29) is 24.0 Å². The third kappa shape index (κ3) is 5.17. The van der Waals surface area contributed by atoms with Crippen molar-refractivity contribution in [3.8, 4) is 5.88 Å². The van der Waals surface area contributed by atoms with E-state index in [9.17, 15) is 9.90 Å². The van der Waals surface area contributed by atoms with E-state index in [1.165, 1.54) is 0 Å². The van der Waals surface area contributed by atoms with E-state index in [0.29, 0.717) is 17.2 Å². The molecule has 0 radical (unpaired) electrons. The topological polar surface area (TPSA) is 125 Å². The van der Waals surface area contributed by atoms with E-state index in [0.717, 1.165) is 5.76 Å². The van der Waals surface area contributed by atoms with Gasteiger partial charge in [-0.3, -0.25) is 0 Å². The van der Waals surface area contributed by atoms with Crippen molar-refractivity contribution in [2.75, 3.05) is 18.2 Å². The highest BCUT2D eigenvalue weighted by Crippen LogP contribution is 2.36. The zero-order valence-electron chi connectivity index (χ0n) is 16.0. The number of esters is 1. The lowest BCUT2D eigenvalue weighted by atomic mass is 10.2. The third-order valence-electron chi connectivity index (χ3n) is 3.80. The average molecular weight is 415 g/mol. The Hall–Kier alpha value is -3.27. The molecule has 1 unspecified atom stereocenters. The van der Waals surface area contributed by atoms with Gasteiger partial charge < -0.3 is 19.6 Å². The minimum atomic E-state index is -0.959. The molecule has 1 atom stereocenters. The molecule has 1 aromatic carbocycles. The van der Waals surface area contributed by atoms with Crippen molar-refractivity contribution in [2.45, 2.75) is 18.7 Å². The standard InChI is InChI=1S/C19H21N5O4S/c1-3-27-19(26)15(14-10-9-13(28-14)11-29-2)20-17-16(18(25)24-23-17)22-21-12-7-5-4-6-8-12/h4-10,15H,3,11H2,1-2H3,(H3,20,23,24,25)/b22-21+. The second-order valence-corrected chi connectivity index (χ2v) is 6.74. The fourth-order valence-electron chi connectivity index (χ4n) is 2.50. The first-order valence-electron chi connectivity index (χ1n) is 8.87. The first kappa shape index (κ1) is 20.5. The summed E-state index contributed by atoms with van der Waals surface area (Å²) < 4.78 is 10.9. The second-order valence-electron chi connectivity index (χ2n) is 5.87. The summed E-state index contributed by atoms with van der Waals surface area (Å²) in [6.07, 6.45) is 1.96. The maximum atomic E-state index is 12.5. The van der Waals surface area contributed by atoms with Crippen LogP contribution >= 0.6 is 11.8 Å². The zero-order valence-corrected chi connectivity index (χ0v) is 16.8. The molecule has 3 rings (SSSR count). The van der Waals surface area contributed by atoms with Crippen LogP contribution in [0.2, 0.25) is 0 Å². The number of hydrogen-bond acceptors (Lipinski definition) is 9. The van der Waals surface area contributed by atoms with Crippen LogP contribution in [-0.4, -0.2) is 34.1 Å². The molecule has 0 aliphatic rings. The molecular weight excluding hydrogens is 394 g/mol. The van der Waals surface area contributed by atoms with Gasteiger partial charge in [-0.25, -0.2) is 9.89 Å². The molecule has 29 heavy (non-hydrogen) atoms. The molecule has 152 valence electrons. The maximum Gasteiger partial charge on any atom is 0.336 e. The van der Waals surface area contributed by atoms with Gasteiger partial charge in [0.25, 0.3) is 0 Å². The third-order valence-corrected chi connectivity index (χ3v) is 4.37. The molecule has 0 spiro atoms. The number of anilines is 1. The Morgan fingerprint density at radius 1 is 1.31 bits per heavy atom. The summed E-state index contributed by atoms with van der Waals surface area (Å²) in [5, 5.41) is 27.5. The summed E-state index contributed by atoms with van der Waals surface area (Å²) >= 11 is 1.60. The molecule has 0 aliphatic heterocycles. The van der Waals surface area contributed by atoms with Gasteiger partial charge in [0.05, 0.1) is 18.0 Å². The number of azo groups is 1. The minimum absolute atomic E-state index is 0.0686. The van der Waals surface area contributed by atoms with Crippen LogP contribution in [0.5, 0.6) is 5.88 Å². The van der Waals surface area contributed by atoms with Crippen LogP contribution in [-0.2, 0) is 15.3 Å². The number of furan rings is 1. The van der Waals surface area contributed by atoms with Gasteiger partial charge in [-0.05, 0) is 37.4 Å². The number of thioether (sulfide) groups is 1. The van der Waals surface area contributed by atoms with Crippen molar-refractivity contribution in [1.82, 2.24) is 10.2 Å². The zero-order chi connectivity index (χ0) is 20.6. The minimum Gasteiger partial charge on any atom is -0.492 e. The smallest absolute Gasteiger partial charge is 0.336 e. The number of rotatable bonds is 9. The van der Waals surface area contributed by atoms with E-state index >= 15 is 0 Å². The van der Waals surface area contributed by atoms with Crippen molar-refractivity contribution in [3.63, 3.8) is 0 Å². The molecular formula is C19H21N5O4S. The molecule has 10 heteroatoms. The predicted octanol–water partition coefficient (Wildman–Crippen LogP) is 4.70. The summed E-state index contributed by atoms with van der Waals surface area (Å²) in [5.41, 5.74) is 0.674. The van der Waals surface area contributed by atoms with Gasteiger partial charge in [0, 0.05) is 0 Å². The Balaban J connectivity index is 1.87. The Labute approximate surface area is 171 Å². The number of benzene rings is 1. The molecule has 9 nitrogen and oxygen atoms in total. The van der Waals surface area contributed by atoms with E-state index in [4.69, 9.17) is 9.15 Å². The number of aromatic hydroxyl groups is 1. The highest BCUT2D eigenvalue weighted by Gasteiger charge is 2.28. The Morgan fingerprint density at radius 2 is 2.10 bits per heavy atom. The fourth-order valence-corrected chi connectivity index (χ4v) is 2.94.